The monoisotopic (exact) mass is 299 g/mol. The molecule has 1 aliphatic carbocycles. The Bertz CT molecular complexity index is 476. The molecule has 1 aromatic rings. The number of nitrogens with one attached hydrogen (secondary N) is 1. The number of halogens is 1. The van der Waals surface area contributed by atoms with Crippen LogP contribution >= 0.6 is 15.9 Å². The van der Waals surface area contributed by atoms with Crippen LogP contribution in [0.2, 0.25) is 0 Å². The van der Waals surface area contributed by atoms with E-state index in [0.29, 0.717) is 23.2 Å². The second-order valence-electron chi connectivity index (χ2n) is 4.47. The molecule has 2 aliphatic rings. The summed E-state index contributed by atoms with van der Waals surface area (Å²) < 4.78 is 6.27. The van der Waals surface area contributed by atoms with E-state index in [9.17, 15) is 4.79 Å². The predicted octanol–water partition coefficient (Wildman–Crippen LogP) is 1.29. The van der Waals surface area contributed by atoms with Gasteiger partial charge in [-0.05, 0) is 35.2 Å². The molecule has 3 rings (SSSR count). The Morgan fingerprint density at radius 2 is 2.41 bits per heavy atom. The van der Waals surface area contributed by atoms with Gasteiger partial charge in [0.2, 0.25) is 0 Å². The average Bonchev–Trinajstić information content (AvgIpc) is 2.81. The minimum atomic E-state index is -0.129. The molecule has 1 aromatic heterocycles. The van der Waals surface area contributed by atoms with Gasteiger partial charge in [-0.3, -0.25) is 4.79 Å². The van der Waals surface area contributed by atoms with Crippen molar-refractivity contribution in [3.63, 3.8) is 0 Å². The molecule has 2 heterocycles. The SMILES string of the molecule is O=c1[nH]cnc(N2CCOC3CCCC32)c1Br. The highest BCUT2D eigenvalue weighted by Gasteiger charge is 2.37. The molecule has 1 saturated heterocycles. The van der Waals surface area contributed by atoms with Crippen LogP contribution in [0.3, 0.4) is 0 Å². The number of rotatable bonds is 1. The Balaban J connectivity index is 1.97. The standard InChI is InChI=1S/C11H14BrN3O2/c12-9-10(13-6-14-11(9)16)15-4-5-17-8-3-1-2-7(8)15/h6-8H,1-5H2,(H,13,14,16). The van der Waals surface area contributed by atoms with E-state index in [2.05, 4.69) is 30.8 Å². The molecule has 5 nitrogen and oxygen atoms in total. The van der Waals surface area contributed by atoms with Gasteiger partial charge in [-0.25, -0.2) is 4.98 Å². The molecule has 92 valence electrons. The van der Waals surface area contributed by atoms with Crippen molar-refractivity contribution in [1.82, 2.24) is 9.97 Å². The summed E-state index contributed by atoms with van der Waals surface area (Å²) in [6.07, 6.45) is 5.18. The van der Waals surface area contributed by atoms with Crippen molar-refractivity contribution in [3.8, 4) is 0 Å². The minimum Gasteiger partial charge on any atom is -0.374 e. The first-order chi connectivity index (χ1) is 8.27. The molecule has 2 unspecified atom stereocenters. The van der Waals surface area contributed by atoms with E-state index in [1.165, 1.54) is 12.7 Å². The lowest BCUT2D eigenvalue weighted by Gasteiger charge is -2.38. The fourth-order valence-corrected chi connectivity index (χ4v) is 3.21. The highest BCUT2D eigenvalue weighted by Crippen LogP contribution is 2.33. The van der Waals surface area contributed by atoms with E-state index in [4.69, 9.17) is 4.74 Å². The van der Waals surface area contributed by atoms with Crippen LogP contribution in [-0.2, 0) is 4.74 Å². The summed E-state index contributed by atoms with van der Waals surface area (Å²) in [5.74, 6) is 0.744. The second kappa shape index (κ2) is 4.42. The number of anilines is 1. The van der Waals surface area contributed by atoms with Crippen molar-refractivity contribution in [1.29, 1.82) is 0 Å². The zero-order chi connectivity index (χ0) is 11.8. The maximum atomic E-state index is 11.6. The van der Waals surface area contributed by atoms with Crippen LogP contribution in [0.4, 0.5) is 5.82 Å². The van der Waals surface area contributed by atoms with Crippen molar-refractivity contribution < 1.29 is 4.74 Å². The Hall–Kier alpha value is -0.880. The highest BCUT2D eigenvalue weighted by atomic mass is 79.9. The van der Waals surface area contributed by atoms with Gasteiger partial charge < -0.3 is 14.6 Å². The van der Waals surface area contributed by atoms with Gasteiger partial charge in [0.1, 0.15) is 4.47 Å². The molecule has 2 fully saturated rings. The lowest BCUT2D eigenvalue weighted by Crippen LogP contribution is -2.49. The smallest absolute Gasteiger partial charge is 0.267 e. The number of nitrogens with zero attached hydrogens (tertiary/aromatic N) is 2. The van der Waals surface area contributed by atoms with Crippen molar-refractivity contribution in [2.75, 3.05) is 18.1 Å². The first kappa shape index (κ1) is 11.2. The number of morpholine rings is 1. The highest BCUT2D eigenvalue weighted by molar-refractivity contribution is 9.10. The molecule has 0 radical (unpaired) electrons. The van der Waals surface area contributed by atoms with E-state index >= 15 is 0 Å². The molecular formula is C11H14BrN3O2. The van der Waals surface area contributed by atoms with E-state index in [0.717, 1.165) is 25.2 Å². The van der Waals surface area contributed by atoms with Crippen molar-refractivity contribution in [2.45, 2.75) is 31.4 Å². The summed E-state index contributed by atoms with van der Waals surface area (Å²) in [5, 5.41) is 0. The summed E-state index contributed by atoms with van der Waals surface area (Å²) in [6, 6.07) is 0.370. The number of aromatic amines is 1. The zero-order valence-corrected chi connectivity index (χ0v) is 10.9. The molecule has 0 bridgehead atoms. The molecule has 17 heavy (non-hydrogen) atoms. The predicted molar refractivity (Wildman–Crippen MR) is 67.3 cm³/mol. The summed E-state index contributed by atoms with van der Waals surface area (Å²) in [4.78, 5) is 20.6. The minimum absolute atomic E-state index is 0.129. The third-order valence-electron chi connectivity index (χ3n) is 3.53. The summed E-state index contributed by atoms with van der Waals surface area (Å²) in [6.45, 7) is 1.51. The quantitative estimate of drug-likeness (QED) is 0.849. The molecule has 0 amide bonds. The molecule has 6 heteroatoms. The van der Waals surface area contributed by atoms with E-state index in [1.807, 2.05) is 0 Å². The number of fused-ring (bicyclic) bond motifs is 1. The van der Waals surface area contributed by atoms with Gasteiger partial charge in [-0.2, -0.15) is 0 Å². The maximum Gasteiger partial charge on any atom is 0.267 e. The molecule has 0 aromatic carbocycles. The molecule has 1 aliphatic heterocycles. The first-order valence-corrected chi connectivity index (χ1v) is 6.68. The Morgan fingerprint density at radius 1 is 1.53 bits per heavy atom. The van der Waals surface area contributed by atoms with Crippen LogP contribution in [0.25, 0.3) is 0 Å². The van der Waals surface area contributed by atoms with Crippen LogP contribution in [0.5, 0.6) is 0 Å². The number of aromatic nitrogens is 2. The van der Waals surface area contributed by atoms with Gasteiger partial charge >= 0.3 is 0 Å². The Labute approximate surface area is 107 Å². The van der Waals surface area contributed by atoms with Crippen LogP contribution in [0.15, 0.2) is 15.6 Å². The average molecular weight is 300 g/mol. The van der Waals surface area contributed by atoms with Crippen LogP contribution in [0, 0.1) is 0 Å². The van der Waals surface area contributed by atoms with Crippen LogP contribution in [-0.4, -0.2) is 35.3 Å². The van der Waals surface area contributed by atoms with Gasteiger partial charge in [-0.1, -0.05) is 0 Å². The van der Waals surface area contributed by atoms with Crippen molar-refractivity contribution in [3.05, 3.63) is 21.2 Å². The van der Waals surface area contributed by atoms with Crippen LogP contribution < -0.4 is 10.5 Å². The van der Waals surface area contributed by atoms with E-state index in [1.54, 1.807) is 0 Å². The first-order valence-electron chi connectivity index (χ1n) is 5.89. The van der Waals surface area contributed by atoms with Crippen molar-refractivity contribution >= 4 is 21.7 Å². The van der Waals surface area contributed by atoms with Gasteiger partial charge in [0.05, 0.1) is 25.1 Å². The topological polar surface area (TPSA) is 58.2 Å². The lowest BCUT2D eigenvalue weighted by molar-refractivity contribution is 0.0252. The largest absolute Gasteiger partial charge is 0.374 e. The fourth-order valence-electron chi connectivity index (χ4n) is 2.76. The third kappa shape index (κ3) is 1.89. The maximum absolute atomic E-state index is 11.6. The van der Waals surface area contributed by atoms with E-state index < -0.39 is 0 Å². The summed E-state index contributed by atoms with van der Waals surface area (Å²) in [5.41, 5.74) is -0.129. The van der Waals surface area contributed by atoms with Crippen molar-refractivity contribution in [2.24, 2.45) is 0 Å². The molecule has 0 spiro atoms. The second-order valence-corrected chi connectivity index (χ2v) is 5.26. The van der Waals surface area contributed by atoms with Gasteiger partial charge in [0.25, 0.3) is 5.56 Å². The summed E-state index contributed by atoms with van der Waals surface area (Å²) >= 11 is 3.32. The summed E-state index contributed by atoms with van der Waals surface area (Å²) in [7, 11) is 0. The number of hydrogen-bond donors (Lipinski definition) is 1. The Morgan fingerprint density at radius 3 is 3.29 bits per heavy atom. The molecular weight excluding hydrogens is 286 g/mol. The molecule has 2 atom stereocenters. The fraction of sp³-hybridized carbons (Fsp3) is 0.636. The van der Waals surface area contributed by atoms with Gasteiger partial charge in [-0.15, -0.1) is 0 Å². The zero-order valence-electron chi connectivity index (χ0n) is 9.36. The number of ether oxygens (including phenoxy) is 1. The number of hydrogen-bond acceptors (Lipinski definition) is 4. The van der Waals surface area contributed by atoms with Crippen LogP contribution in [0.1, 0.15) is 19.3 Å². The van der Waals surface area contributed by atoms with E-state index in [-0.39, 0.29) is 5.56 Å². The molecule has 1 saturated carbocycles. The lowest BCUT2D eigenvalue weighted by atomic mass is 10.1. The van der Waals surface area contributed by atoms with Gasteiger partial charge in [0.15, 0.2) is 5.82 Å². The third-order valence-corrected chi connectivity index (χ3v) is 4.25. The van der Waals surface area contributed by atoms with Gasteiger partial charge in [0, 0.05) is 6.54 Å². The Kier molecular flexibility index (Phi) is 2.92. The normalized spacial score (nSPS) is 28.2. The number of H-pyrrole nitrogens is 1. The molecule has 1 N–H and O–H groups in total.